The van der Waals surface area contributed by atoms with E-state index in [0.717, 1.165) is 15.9 Å². The van der Waals surface area contributed by atoms with Gasteiger partial charge in [0.25, 0.3) is 5.91 Å². The zero-order valence-corrected chi connectivity index (χ0v) is 19.3. The first-order valence-electron chi connectivity index (χ1n) is 9.23. The van der Waals surface area contributed by atoms with E-state index in [4.69, 9.17) is 4.74 Å². The van der Waals surface area contributed by atoms with Crippen LogP contribution in [0.4, 0.5) is 5.69 Å². The number of carbonyl (C=O) groups excluding carboxylic acids is 2. The lowest BCUT2D eigenvalue weighted by Gasteiger charge is -2.15. The van der Waals surface area contributed by atoms with Gasteiger partial charge in [0, 0.05) is 18.1 Å². The van der Waals surface area contributed by atoms with Crippen molar-refractivity contribution in [2.24, 2.45) is 7.05 Å². The van der Waals surface area contributed by atoms with E-state index < -0.39 is 22.0 Å². The van der Waals surface area contributed by atoms with Crippen LogP contribution in [0.15, 0.2) is 29.2 Å². The number of fused-ring (bicyclic) bond motifs is 1. The van der Waals surface area contributed by atoms with Crippen LogP contribution in [0.1, 0.15) is 22.3 Å². The maximum absolute atomic E-state index is 12.6. The van der Waals surface area contributed by atoms with Crippen molar-refractivity contribution in [2.75, 3.05) is 19.5 Å². The molecule has 0 aliphatic rings. The lowest BCUT2D eigenvalue weighted by Crippen LogP contribution is -2.41. The lowest BCUT2D eigenvalue weighted by molar-refractivity contribution is -0.117. The summed E-state index contributed by atoms with van der Waals surface area (Å²) in [6, 6.07) is 5.14. The van der Waals surface area contributed by atoms with E-state index in [-0.39, 0.29) is 22.2 Å². The van der Waals surface area contributed by atoms with Crippen LogP contribution in [0.2, 0.25) is 0 Å². The predicted octanol–water partition coefficient (Wildman–Crippen LogP) is 1.62. The first-order chi connectivity index (χ1) is 14.6. The number of carbonyl (C=O) groups is 2. The van der Waals surface area contributed by atoms with Crippen molar-refractivity contribution in [3.8, 4) is 5.75 Å². The Morgan fingerprint density at radius 1 is 1.26 bits per heavy atom. The molecule has 2 amide bonds. The fourth-order valence-corrected chi connectivity index (χ4v) is 4.92. The Kier molecular flexibility index (Phi) is 6.34. The molecule has 0 fully saturated rings. The number of ether oxygens (including phenoxy) is 1. The second-order valence-corrected chi connectivity index (χ2v) is 9.68. The number of anilines is 1. The Labute approximate surface area is 183 Å². The van der Waals surface area contributed by atoms with E-state index >= 15 is 0 Å². The van der Waals surface area contributed by atoms with E-state index in [1.54, 1.807) is 24.7 Å². The second kappa shape index (κ2) is 8.65. The quantitative estimate of drug-likeness (QED) is 0.486. The van der Waals surface area contributed by atoms with Gasteiger partial charge in [0.2, 0.25) is 15.9 Å². The summed E-state index contributed by atoms with van der Waals surface area (Å²) in [5.41, 5.74) is 1.08. The van der Waals surface area contributed by atoms with E-state index in [9.17, 15) is 18.0 Å². The second-order valence-electron chi connectivity index (χ2n) is 6.80. The summed E-state index contributed by atoms with van der Waals surface area (Å²) in [4.78, 5) is 26.4. The molecule has 1 unspecified atom stereocenters. The normalized spacial score (nSPS) is 12.5. The van der Waals surface area contributed by atoms with Gasteiger partial charge in [-0.2, -0.15) is 5.10 Å². The molecule has 1 atom stereocenters. The van der Waals surface area contributed by atoms with Gasteiger partial charge < -0.3 is 15.4 Å². The summed E-state index contributed by atoms with van der Waals surface area (Å²) >= 11 is 1.29. The van der Waals surface area contributed by atoms with Gasteiger partial charge in [0.1, 0.15) is 21.5 Å². The molecule has 3 N–H and O–H groups in total. The smallest absolute Gasteiger partial charge is 0.262 e. The Hall–Kier alpha value is -2.96. The number of hydrogen-bond donors (Lipinski definition) is 3. The average Bonchev–Trinajstić information content (AvgIpc) is 3.29. The fourth-order valence-electron chi connectivity index (χ4n) is 2.98. The topological polar surface area (TPSA) is 131 Å². The van der Waals surface area contributed by atoms with Crippen molar-refractivity contribution in [1.29, 1.82) is 0 Å². The molecule has 3 rings (SSSR count). The number of sulfonamides is 1. The average molecular weight is 466 g/mol. The molecule has 10 nitrogen and oxygen atoms in total. The molecular formula is C19H23N5O5S2. The van der Waals surface area contributed by atoms with Crippen LogP contribution in [-0.2, 0) is 21.9 Å². The van der Waals surface area contributed by atoms with Crippen molar-refractivity contribution in [2.45, 2.75) is 24.8 Å². The first kappa shape index (κ1) is 22.7. The highest BCUT2D eigenvalue weighted by atomic mass is 32.2. The molecular weight excluding hydrogens is 442 g/mol. The fraction of sp³-hybridized carbons (Fsp3) is 0.316. The molecule has 0 saturated heterocycles. The highest BCUT2D eigenvalue weighted by Crippen LogP contribution is 2.28. The highest BCUT2D eigenvalue weighted by Gasteiger charge is 2.22. The minimum atomic E-state index is -3.79. The van der Waals surface area contributed by atoms with E-state index in [1.807, 2.05) is 6.92 Å². The summed E-state index contributed by atoms with van der Waals surface area (Å²) in [6.45, 7) is 3.41. The number of thiophene rings is 1. The van der Waals surface area contributed by atoms with Gasteiger partial charge in [-0.05, 0) is 45.2 Å². The Bertz CT molecular complexity index is 1230. The van der Waals surface area contributed by atoms with Gasteiger partial charge in [0.05, 0.1) is 17.7 Å². The van der Waals surface area contributed by atoms with Crippen molar-refractivity contribution in [1.82, 2.24) is 19.8 Å². The molecule has 0 aliphatic carbocycles. The third-order valence-corrected chi connectivity index (χ3v) is 7.29. The van der Waals surface area contributed by atoms with Crippen LogP contribution in [0.5, 0.6) is 5.75 Å². The molecule has 31 heavy (non-hydrogen) atoms. The number of nitrogens with one attached hydrogen (secondary N) is 3. The van der Waals surface area contributed by atoms with Crippen LogP contribution in [0.3, 0.4) is 0 Å². The predicted molar refractivity (Wildman–Crippen MR) is 118 cm³/mol. The van der Waals surface area contributed by atoms with Crippen LogP contribution >= 0.6 is 11.3 Å². The number of nitrogens with zero attached hydrogens (tertiary/aromatic N) is 2. The van der Waals surface area contributed by atoms with E-state index in [0.29, 0.717) is 4.88 Å². The number of aryl methyl sites for hydroxylation is 2. The van der Waals surface area contributed by atoms with Crippen molar-refractivity contribution in [3.05, 3.63) is 34.8 Å². The minimum absolute atomic E-state index is 0.110. The molecule has 0 spiro atoms. The van der Waals surface area contributed by atoms with Gasteiger partial charge in [-0.15, -0.1) is 11.3 Å². The SMILES string of the molecule is CNS(=O)(=O)c1cc(NC(=O)C(C)NC(=O)c2cc3c(C)nn(C)c3s2)ccc1OC. The summed E-state index contributed by atoms with van der Waals surface area (Å²) in [6.07, 6.45) is 0. The van der Waals surface area contributed by atoms with Crippen LogP contribution in [-0.4, -0.2) is 50.2 Å². The maximum atomic E-state index is 12.6. The molecule has 166 valence electrons. The highest BCUT2D eigenvalue weighted by molar-refractivity contribution is 7.89. The summed E-state index contributed by atoms with van der Waals surface area (Å²) < 4.78 is 33.4. The zero-order valence-electron chi connectivity index (χ0n) is 17.6. The van der Waals surface area contributed by atoms with Gasteiger partial charge in [-0.3, -0.25) is 14.3 Å². The molecule has 2 heterocycles. The van der Waals surface area contributed by atoms with Crippen LogP contribution in [0.25, 0.3) is 10.2 Å². The number of methoxy groups -OCH3 is 1. The first-order valence-corrected chi connectivity index (χ1v) is 11.5. The number of benzene rings is 1. The molecule has 1 aromatic carbocycles. The summed E-state index contributed by atoms with van der Waals surface area (Å²) in [7, 11) is 0.649. The Morgan fingerprint density at radius 2 is 1.97 bits per heavy atom. The number of hydrogen-bond acceptors (Lipinski definition) is 7. The van der Waals surface area contributed by atoms with Gasteiger partial charge in [0.15, 0.2) is 0 Å². The summed E-state index contributed by atoms with van der Waals surface area (Å²) in [5.74, 6) is -0.732. The van der Waals surface area contributed by atoms with Crippen LogP contribution in [0, 0.1) is 6.92 Å². The van der Waals surface area contributed by atoms with Crippen molar-refractivity contribution in [3.63, 3.8) is 0 Å². The van der Waals surface area contributed by atoms with E-state index in [1.165, 1.54) is 43.7 Å². The number of amides is 2. The Balaban J connectivity index is 1.73. The minimum Gasteiger partial charge on any atom is -0.495 e. The molecule has 0 radical (unpaired) electrons. The Morgan fingerprint density at radius 3 is 2.58 bits per heavy atom. The molecule has 0 aliphatic heterocycles. The zero-order chi connectivity index (χ0) is 22.9. The van der Waals surface area contributed by atoms with E-state index in [2.05, 4.69) is 20.5 Å². The molecule has 2 aromatic heterocycles. The third-order valence-electron chi connectivity index (χ3n) is 4.65. The van der Waals surface area contributed by atoms with Crippen molar-refractivity contribution >= 4 is 49.1 Å². The largest absolute Gasteiger partial charge is 0.495 e. The molecule has 0 saturated carbocycles. The molecule has 0 bridgehead atoms. The molecule has 3 aromatic rings. The van der Waals surface area contributed by atoms with Crippen molar-refractivity contribution < 1.29 is 22.7 Å². The standard InChI is InChI=1S/C19H23N5O5S2/c1-10-13-9-15(30-19(13)24(4)23-10)18(26)21-11(2)17(25)22-12-6-7-14(29-5)16(8-12)31(27,28)20-3/h6-9,11,20H,1-5H3,(H,21,26)(H,22,25). The number of aromatic nitrogens is 2. The maximum Gasteiger partial charge on any atom is 0.262 e. The summed E-state index contributed by atoms with van der Waals surface area (Å²) in [5, 5.41) is 10.5. The van der Waals surface area contributed by atoms with Crippen LogP contribution < -0.4 is 20.1 Å². The van der Waals surface area contributed by atoms with Gasteiger partial charge >= 0.3 is 0 Å². The van der Waals surface area contributed by atoms with Gasteiger partial charge in [-0.1, -0.05) is 0 Å². The lowest BCUT2D eigenvalue weighted by atomic mass is 10.2. The molecule has 12 heteroatoms. The third kappa shape index (κ3) is 4.55. The monoisotopic (exact) mass is 465 g/mol. The number of rotatable bonds is 7. The van der Waals surface area contributed by atoms with Gasteiger partial charge in [-0.25, -0.2) is 13.1 Å².